The number of nitrogens with zero attached hydrogens (tertiary/aromatic N) is 4. The zero-order valence-corrected chi connectivity index (χ0v) is 17.4. The Kier molecular flexibility index (Phi) is 7.59. The van der Waals surface area contributed by atoms with Crippen molar-refractivity contribution in [3.8, 4) is 0 Å². The van der Waals surface area contributed by atoms with Crippen LogP contribution in [0.15, 0.2) is 4.99 Å². The Hall–Kier alpha value is -0.570. The first-order valence-electron chi connectivity index (χ1n) is 9.22. The molecule has 3 aliphatic rings. The molecular weight excluding hydrogens is 417 g/mol. The summed E-state index contributed by atoms with van der Waals surface area (Å²) in [5.74, 6) is 1.14. The first-order chi connectivity index (χ1) is 11.2. The number of piperidine rings is 1. The number of rotatable bonds is 4. The second kappa shape index (κ2) is 9.22. The third-order valence-corrected chi connectivity index (χ3v) is 5.41. The van der Waals surface area contributed by atoms with Crippen molar-refractivity contribution in [2.45, 2.75) is 51.1 Å². The molecule has 6 nitrogen and oxygen atoms in total. The van der Waals surface area contributed by atoms with Crippen LogP contribution < -0.4 is 5.32 Å². The van der Waals surface area contributed by atoms with Gasteiger partial charge in [0.1, 0.15) is 0 Å². The largest absolute Gasteiger partial charge is 0.355 e. The van der Waals surface area contributed by atoms with E-state index in [9.17, 15) is 4.79 Å². The summed E-state index contributed by atoms with van der Waals surface area (Å²) in [6.45, 7) is 7.70. The number of carbonyl (C=O) groups is 1. The van der Waals surface area contributed by atoms with Crippen molar-refractivity contribution >= 4 is 35.8 Å². The Bertz CT molecular complexity index is 454. The van der Waals surface area contributed by atoms with Crippen molar-refractivity contribution in [2.75, 3.05) is 46.3 Å². The summed E-state index contributed by atoms with van der Waals surface area (Å²) in [6, 6.07) is 1.12. The number of guanidine groups is 1. The van der Waals surface area contributed by atoms with Crippen LogP contribution in [-0.2, 0) is 4.79 Å². The molecule has 3 rings (SSSR count). The molecule has 7 heteroatoms. The third kappa shape index (κ3) is 4.74. The topological polar surface area (TPSA) is 51.2 Å². The highest BCUT2D eigenvalue weighted by molar-refractivity contribution is 14.0. The van der Waals surface area contributed by atoms with Gasteiger partial charge in [0, 0.05) is 38.8 Å². The quantitative estimate of drug-likeness (QED) is 0.400. The van der Waals surface area contributed by atoms with Crippen LogP contribution in [0.25, 0.3) is 0 Å². The van der Waals surface area contributed by atoms with Gasteiger partial charge in [0.05, 0.1) is 6.54 Å². The molecule has 1 atom stereocenters. The monoisotopic (exact) mass is 449 g/mol. The fourth-order valence-electron chi connectivity index (χ4n) is 3.89. The molecule has 1 aliphatic carbocycles. The Balaban J connectivity index is 0.00000208. The zero-order valence-electron chi connectivity index (χ0n) is 15.0. The second-order valence-electron chi connectivity index (χ2n) is 6.95. The summed E-state index contributed by atoms with van der Waals surface area (Å²) in [7, 11) is 1.82. The highest BCUT2D eigenvalue weighted by Crippen LogP contribution is 2.28. The molecule has 0 aromatic heterocycles. The van der Waals surface area contributed by atoms with Crippen LogP contribution in [0, 0.1) is 0 Å². The van der Waals surface area contributed by atoms with Gasteiger partial charge in [0.15, 0.2) is 5.96 Å². The molecule has 138 valence electrons. The van der Waals surface area contributed by atoms with Crippen molar-refractivity contribution in [3.63, 3.8) is 0 Å². The third-order valence-electron chi connectivity index (χ3n) is 5.41. The van der Waals surface area contributed by atoms with Crippen LogP contribution in [-0.4, -0.2) is 85.0 Å². The summed E-state index contributed by atoms with van der Waals surface area (Å²) in [5, 5.41) is 3.52. The first-order valence-corrected chi connectivity index (χ1v) is 9.22. The predicted octanol–water partition coefficient (Wildman–Crippen LogP) is 1.36. The number of carbonyl (C=O) groups excluding carboxylic acids is 1. The van der Waals surface area contributed by atoms with E-state index in [0.29, 0.717) is 18.6 Å². The summed E-state index contributed by atoms with van der Waals surface area (Å²) in [4.78, 5) is 23.4. The molecule has 2 saturated heterocycles. The second-order valence-corrected chi connectivity index (χ2v) is 6.95. The zero-order chi connectivity index (χ0) is 16.2. The van der Waals surface area contributed by atoms with E-state index in [1.165, 1.54) is 38.6 Å². The molecule has 0 spiro atoms. The average Bonchev–Trinajstić information content (AvgIpc) is 3.41. The Morgan fingerprint density at radius 3 is 2.62 bits per heavy atom. The van der Waals surface area contributed by atoms with E-state index in [1.807, 2.05) is 7.05 Å². The molecule has 24 heavy (non-hydrogen) atoms. The SMILES string of the molecule is CCN1CCCCC1CNC(=NC)N1CCN(C2CC2)C(=O)C1.I. The standard InChI is InChI=1S/C17H31N5O.HI/c1-3-20-9-5-4-6-15(20)12-19-17(18-2)21-10-11-22(14-7-8-14)16(23)13-21;/h14-15H,3-13H2,1-2H3,(H,18,19);1H. The van der Waals surface area contributed by atoms with Gasteiger partial charge in [-0.05, 0) is 38.8 Å². The number of likely N-dealkylation sites (tertiary alicyclic amines) is 1. The van der Waals surface area contributed by atoms with E-state index in [0.717, 1.165) is 32.1 Å². The van der Waals surface area contributed by atoms with Gasteiger partial charge in [-0.15, -0.1) is 24.0 Å². The summed E-state index contributed by atoms with van der Waals surface area (Å²) >= 11 is 0. The minimum Gasteiger partial charge on any atom is -0.355 e. The Morgan fingerprint density at radius 2 is 2.00 bits per heavy atom. The number of nitrogens with one attached hydrogen (secondary N) is 1. The van der Waals surface area contributed by atoms with Crippen LogP contribution in [0.4, 0.5) is 0 Å². The van der Waals surface area contributed by atoms with Crippen LogP contribution in [0.1, 0.15) is 39.0 Å². The molecule has 1 amide bonds. The van der Waals surface area contributed by atoms with E-state index < -0.39 is 0 Å². The maximum atomic E-state index is 12.3. The highest BCUT2D eigenvalue weighted by Gasteiger charge is 2.36. The molecular formula is C17H32IN5O. The number of piperazine rings is 1. The molecule has 0 aromatic rings. The van der Waals surface area contributed by atoms with E-state index in [-0.39, 0.29) is 29.9 Å². The normalized spacial score (nSPS) is 26.3. The molecule has 0 aromatic carbocycles. The van der Waals surface area contributed by atoms with Crippen molar-refractivity contribution in [1.29, 1.82) is 0 Å². The van der Waals surface area contributed by atoms with Gasteiger partial charge in [0.2, 0.25) is 5.91 Å². The molecule has 0 radical (unpaired) electrons. The number of aliphatic imine (C=N–C) groups is 1. The number of amides is 1. The van der Waals surface area contributed by atoms with Gasteiger partial charge >= 0.3 is 0 Å². The molecule has 1 saturated carbocycles. The predicted molar refractivity (Wildman–Crippen MR) is 108 cm³/mol. The molecule has 1 N–H and O–H groups in total. The van der Waals surface area contributed by atoms with Gasteiger partial charge in [-0.1, -0.05) is 13.3 Å². The maximum absolute atomic E-state index is 12.3. The first kappa shape index (κ1) is 19.8. The lowest BCUT2D eigenvalue weighted by atomic mass is 10.0. The van der Waals surface area contributed by atoms with E-state index in [1.54, 1.807) is 0 Å². The van der Waals surface area contributed by atoms with Gasteiger partial charge in [-0.2, -0.15) is 0 Å². The van der Waals surface area contributed by atoms with Crippen LogP contribution >= 0.6 is 24.0 Å². The average molecular weight is 449 g/mol. The van der Waals surface area contributed by atoms with Gasteiger partial charge < -0.3 is 15.1 Å². The van der Waals surface area contributed by atoms with Crippen molar-refractivity contribution in [3.05, 3.63) is 0 Å². The van der Waals surface area contributed by atoms with E-state index in [4.69, 9.17) is 0 Å². The maximum Gasteiger partial charge on any atom is 0.242 e. The van der Waals surface area contributed by atoms with Crippen molar-refractivity contribution in [2.24, 2.45) is 4.99 Å². The number of hydrogen-bond acceptors (Lipinski definition) is 3. The summed E-state index contributed by atoms with van der Waals surface area (Å²) in [6.07, 6.45) is 6.27. The lowest BCUT2D eigenvalue weighted by Crippen LogP contribution is -2.57. The van der Waals surface area contributed by atoms with Gasteiger partial charge in [-0.3, -0.25) is 14.7 Å². The molecule has 2 heterocycles. The fraction of sp³-hybridized carbons (Fsp3) is 0.882. The molecule has 2 aliphatic heterocycles. The van der Waals surface area contributed by atoms with Crippen LogP contribution in [0.2, 0.25) is 0 Å². The summed E-state index contributed by atoms with van der Waals surface area (Å²) < 4.78 is 0. The minimum absolute atomic E-state index is 0. The lowest BCUT2D eigenvalue weighted by molar-refractivity contribution is -0.135. The molecule has 3 fully saturated rings. The van der Waals surface area contributed by atoms with E-state index in [2.05, 4.69) is 31.9 Å². The van der Waals surface area contributed by atoms with Crippen LogP contribution in [0.5, 0.6) is 0 Å². The van der Waals surface area contributed by atoms with Gasteiger partial charge in [-0.25, -0.2) is 0 Å². The minimum atomic E-state index is 0. The lowest BCUT2D eigenvalue weighted by Gasteiger charge is -2.38. The number of likely N-dealkylation sites (N-methyl/N-ethyl adjacent to an activating group) is 1. The molecule has 0 bridgehead atoms. The highest BCUT2D eigenvalue weighted by atomic mass is 127. The Morgan fingerprint density at radius 1 is 1.21 bits per heavy atom. The number of halogens is 1. The fourth-order valence-corrected chi connectivity index (χ4v) is 3.89. The smallest absolute Gasteiger partial charge is 0.242 e. The van der Waals surface area contributed by atoms with Crippen LogP contribution in [0.3, 0.4) is 0 Å². The van der Waals surface area contributed by atoms with Crippen molar-refractivity contribution < 1.29 is 4.79 Å². The summed E-state index contributed by atoms with van der Waals surface area (Å²) in [5.41, 5.74) is 0. The van der Waals surface area contributed by atoms with Crippen molar-refractivity contribution in [1.82, 2.24) is 20.0 Å². The molecule has 1 unspecified atom stereocenters. The number of hydrogen-bond donors (Lipinski definition) is 1. The Labute approximate surface area is 163 Å². The van der Waals surface area contributed by atoms with E-state index >= 15 is 0 Å². The van der Waals surface area contributed by atoms with Gasteiger partial charge in [0.25, 0.3) is 0 Å².